The van der Waals surface area contributed by atoms with Gasteiger partial charge in [0.1, 0.15) is 0 Å². The highest BCUT2D eigenvalue weighted by atomic mass is 19.2. The number of rotatable bonds is 4. The van der Waals surface area contributed by atoms with Crippen LogP contribution in [0.1, 0.15) is 32.1 Å². The molecule has 70 valence electrons. The lowest BCUT2D eigenvalue weighted by Crippen LogP contribution is -2.17. The predicted octanol–water partition coefficient (Wildman–Crippen LogP) is 2.55. The Balaban J connectivity index is 1.98. The van der Waals surface area contributed by atoms with Crippen LogP contribution in [-0.4, -0.2) is 20.4 Å². The lowest BCUT2D eigenvalue weighted by atomic mass is 9.90. The zero-order chi connectivity index (χ0) is 8.81. The van der Waals surface area contributed by atoms with E-state index in [0.29, 0.717) is 12.5 Å². The van der Waals surface area contributed by atoms with Gasteiger partial charge < -0.3 is 4.74 Å². The molecule has 4 heteroatoms. The summed E-state index contributed by atoms with van der Waals surface area (Å²) in [4.78, 5) is 0. The summed E-state index contributed by atoms with van der Waals surface area (Å²) < 4.78 is 28.2. The van der Waals surface area contributed by atoms with E-state index >= 15 is 0 Å². The molecule has 0 spiro atoms. The molecule has 0 amide bonds. The quantitative estimate of drug-likeness (QED) is 0.598. The van der Waals surface area contributed by atoms with Crippen molar-refractivity contribution >= 4 is 7.27 Å². The van der Waals surface area contributed by atoms with Gasteiger partial charge in [-0.1, -0.05) is 19.3 Å². The van der Waals surface area contributed by atoms with Gasteiger partial charge in [0, 0.05) is 6.61 Å². The van der Waals surface area contributed by atoms with Gasteiger partial charge in [0.2, 0.25) is 0 Å². The highest BCUT2D eigenvalue weighted by Crippen LogP contribution is 2.23. The molecule has 0 N–H and O–H groups in total. The lowest BCUT2D eigenvalue weighted by Gasteiger charge is -2.20. The first-order valence-electron chi connectivity index (χ1n) is 4.65. The molecular weight excluding hydrogens is 161 g/mol. The van der Waals surface area contributed by atoms with Crippen molar-refractivity contribution in [2.45, 2.75) is 32.1 Å². The van der Waals surface area contributed by atoms with Gasteiger partial charge in [-0.25, -0.2) is 0 Å². The molecule has 0 saturated heterocycles. The minimum Gasteiger partial charge on any atom is -0.383 e. The third kappa shape index (κ3) is 4.05. The SMILES string of the molecule is FB(F)COCC1CCCCC1. The monoisotopic (exact) mass is 176 g/mol. The molecule has 0 heterocycles. The lowest BCUT2D eigenvalue weighted by molar-refractivity contribution is 0.109. The maximum atomic E-state index is 11.7. The van der Waals surface area contributed by atoms with Crippen LogP contribution in [0.3, 0.4) is 0 Å². The van der Waals surface area contributed by atoms with Crippen molar-refractivity contribution in [2.75, 3.05) is 13.1 Å². The van der Waals surface area contributed by atoms with E-state index in [2.05, 4.69) is 0 Å². The first-order chi connectivity index (χ1) is 5.79. The summed E-state index contributed by atoms with van der Waals surface area (Å²) in [5.74, 6) is 0.539. The van der Waals surface area contributed by atoms with Gasteiger partial charge in [-0.3, -0.25) is 8.63 Å². The van der Waals surface area contributed by atoms with E-state index < -0.39 is 13.8 Å². The van der Waals surface area contributed by atoms with Gasteiger partial charge in [-0.15, -0.1) is 0 Å². The van der Waals surface area contributed by atoms with Crippen LogP contribution in [-0.2, 0) is 4.74 Å². The number of halogens is 2. The molecule has 1 fully saturated rings. The Bertz CT molecular complexity index is 116. The molecular formula is C8H15BF2O. The van der Waals surface area contributed by atoms with Crippen molar-refractivity contribution in [3.05, 3.63) is 0 Å². The Labute approximate surface area is 72.7 Å². The van der Waals surface area contributed by atoms with Gasteiger partial charge in [0.05, 0.1) is 6.51 Å². The van der Waals surface area contributed by atoms with Crippen molar-refractivity contribution in [1.29, 1.82) is 0 Å². The van der Waals surface area contributed by atoms with Crippen molar-refractivity contribution in [3.8, 4) is 0 Å². The maximum Gasteiger partial charge on any atom is 0.563 e. The van der Waals surface area contributed by atoms with Crippen LogP contribution in [0.5, 0.6) is 0 Å². The van der Waals surface area contributed by atoms with Crippen LogP contribution in [0.25, 0.3) is 0 Å². The smallest absolute Gasteiger partial charge is 0.383 e. The number of hydrogen-bond donors (Lipinski definition) is 0. The second-order valence-corrected chi connectivity index (χ2v) is 3.43. The highest BCUT2D eigenvalue weighted by molar-refractivity contribution is 6.42. The van der Waals surface area contributed by atoms with E-state index in [1.54, 1.807) is 0 Å². The zero-order valence-corrected chi connectivity index (χ0v) is 7.27. The largest absolute Gasteiger partial charge is 0.563 e. The van der Waals surface area contributed by atoms with Crippen LogP contribution in [0.2, 0.25) is 0 Å². The Morgan fingerprint density at radius 2 is 1.83 bits per heavy atom. The van der Waals surface area contributed by atoms with Gasteiger partial charge in [-0.2, -0.15) is 0 Å². The summed E-state index contributed by atoms with van der Waals surface area (Å²) in [6.45, 7) is 0.140. The van der Waals surface area contributed by atoms with Crippen LogP contribution < -0.4 is 0 Å². The molecule has 0 atom stereocenters. The highest BCUT2D eigenvalue weighted by Gasteiger charge is 2.16. The molecule has 0 aromatic carbocycles. The van der Waals surface area contributed by atoms with Crippen LogP contribution in [0, 0.1) is 5.92 Å². The van der Waals surface area contributed by atoms with Gasteiger partial charge in [0.15, 0.2) is 0 Å². The summed E-state index contributed by atoms with van der Waals surface area (Å²) in [5, 5.41) is 0. The van der Waals surface area contributed by atoms with E-state index in [1.165, 1.54) is 19.3 Å². The van der Waals surface area contributed by atoms with Gasteiger partial charge in [-0.05, 0) is 18.8 Å². The zero-order valence-electron chi connectivity index (χ0n) is 7.27. The third-order valence-electron chi connectivity index (χ3n) is 2.32. The Kier molecular flexibility index (Phi) is 4.58. The summed E-state index contributed by atoms with van der Waals surface area (Å²) in [5.41, 5.74) is 0. The van der Waals surface area contributed by atoms with E-state index in [9.17, 15) is 8.63 Å². The summed E-state index contributed by atoms with van der Waals surface area (Å²) in [6.07, 6.45) is 6.09. The third-order valence-corrected chi connectivity index (χ3v) is 2.32. The molecule has 1 aliphatic rings. The standard InChI is InChI=1S/C8H15BF2O/c10-9(11)7-12-6-8-4-2-1-3-5-8/h8H,1-7H2. The molecule has 1 rings (SSSR count). The summed E-state index contributed by atoms with van der Waals surface area (Å²) in [7, 11) is -2.31. The van der Waals surface area contributed by atoms with E-state index in [1.807, 2.05) is 0 Å². The normalized spacial score (nSPS) is 19.5. The number of ether oxygens (including phenoxy) is 1. The van der Waals surface area contributed by atoms with Crippen LogP contribution in [0.15, 0.2) is 0 Å². The Morgan fingerprint density at radius 3 is 2.42 bits per heavy atom. The second kappa shape index (κ2) is 5.52. The second-order valence-electron chi connectivity index (χ2n) is 3.43. The Morgan fingerprint density at radius 1 is 1.17 bits per heavy atom. The first kappa shape index (κ1) is 9.97. The summed E-state index contributed by atoms with van der Waals surface area (Å²) in [6, 6.07) is 0. The molecule has 0 aromatic rings. The van der Waals surface area contributed by atoms with Crippen molar-refractivity contribution in [1.82, 2.24) is 0 Å². The maximum absolute atomic E-state index is 11.7. The molecule has 0 aliphatic heterocycles. The van der Waals surface area contributed by atoms with Crippen LogP contribution >= 0.6 is 0 Å². The molecule has 12 heavy (non-hydrogen) atoms. The van der Waals surface area contributed by atoms with Gasteiger partial charge in [0.25, 0.3) is 0 Å². The fourth-order valence-corrected chi connectivity index (χ4v) is 1.68. The van der Waals surface area contributed by atoms with Crippen LogP contribution in [0.4, 0.5) is 8.63 Å². The minimum absolute atomic E-state index is 0.392. The molecule has 0 aromatic heterocycles. The average molecular weight is 176 g/mol. The fourth-order valence-electron chi connectivity index (χ4n) is 1.68. The molecule has 1 aliphatic carbocycles. The van der Waals surface area contributed by atoms with Crippen molar-refractivity contribution in [3.63, 3.8) is 0 Å². The Hall–Kier alpha value is -0.115. The minimum atomic E-state index is -2.31. The summed E-state index contributed by atoms with van der Waals surface area (Å²) >= 11 is 0. The average Bonchev–Trinajstić information content (AvgIpc) is 2.05. The molecule has 1 saturated carbocycles. The molecule has 0 bridgehead atoms. The topological polar surface area (TPSA) is 9.23 Å². The number of hydrogen-bond acceptors (Lipinski definition) is 1. The van der Waals surface area contributed by atoms with Crippen molar-refractivity contribution < 1.29 is 13.4 Å². The van der Waals surface area contributed by atoms with Crippen molar-refractivity contribution in [2.24, 2.45) is 5.92 Å². The van der Waals surface area contributed by atoms with E-state index in [4.69, 9.17) is 4.74 Å². The van der Waals surface area contributed by atoms with E-state index in [-0.39, 0.29) is 0 Å². The molecule has 1 nitrogen and oxygen atoms in total. The van der Waals surface area contributed by atoms with Gasteiger partial charge >= 0.3 is 7.27 Å². The molecule has 0 unspecified atom stereocenters. The van der Waals surface area contributed by atoms with E-state index in [0.717, 1.165) is 12.8 Å². The predicted molar refractivity (Wildman–Crippen MR) is 45.4 cm³/mol. The fraction of sp³-hybridized carbons (Fsp3) is 1.00. The first-order valence-corrected chi connectivity index (χ1v) is 4.65. The molecule has 0 radical (unpaired) electrons.